The van der Waals surface area contributed by atoms with Crippen molar-refractivity contribution in [2.75, 3.05) is 13.7 Å². The van der Waals surface area contributed by atoms with E-state index in [2.05, 4.69) is 10.1 Å². The van der Waals surface area contributed by atoms with Gasteiger partial charge in [0.1, 0.15) is 6.61 Å². The molecular weight excluding hydrogens is 339 g/mol. The molecule has 0 radical (unpaired) electrons. The number of methoxy groups -OCH3 is 1. The van der Waals surface area contributed by atoms with Gasteiger partial charge >= 0.3 is 6.18 Å². The Bertz CT molecular complexity index is 720. The van der Waals surface area contributed by atoms with E-state index < -0.39 is 17.8 Å². The summed E-state index contributed by atoms with van der Waals surface area (Å²) in [6.07, 6.45) is -4.68. The van der Waals surface area contributed by atoms with Crippen LogP contribution in [0.2, 0.25) is 0 Å². The summed E-state index contributed by atoms with van der Waals surface area (Å²) >= 11 is 0. The molecule has 1 N–H and O–H groups in total. The van der Waals surface area contributed by atoms with Crippen LogP contribution in [0, 0.1) is 0 Å². The first-order valence-electron chi connectivity index (χ1n) is 7.76. The zero-order valence-electron chi connectivity index (χ0n) is 13.5. The van der Waals surface area contributed by atoms with Gasteiger partial charge in [-0.3, -0.25) is 4.90 Å². The van der Waals surface area contributed by atoms with Crippen LogP contribution in [0.15, 0.2) is 28.8 Å². The molecule has 3 rings (SSSR count). The first-order chi connectivity index (χ1) is 11.9. The van der Waals surface area contributed by atoms with Gasteiger partial charge in [-0.2, -0.15) is 18.2 Å². The number of β-amino-alcohol motifs (C(OH)–C–C–N with tert-alkyl or cyclic N) is 1. The molecule has 1 aromatic heterocycles. The van der Waals surface area contributed by atoms with E-state index in [9.17, 15) is 18.3 Å². The van der Waals surface area contributed by atoms with Gasteiger partial charge in [-0.1, -0.05) is 17.3 Å². The number of aliphatic hydroxyl groups is 1. The van der Waals surface area contributed by atoms with Crippen LogP contribution >= 0.6 is 0 Å². The third-order valence-corrected chi connectivity index (χ3v) is 4.10. The number of hydrogen-bond donors (Lipinski definition) is 1. The van der Waals surface area contributed by atoms with Crippen LogP contribution in [0.4, 0.5) is 13.2 Å². The molecule has 2 heterocycles. The molecule has 0 bridgehead atoms. The van der Waals surface area contributed by atoms with E-state index in [0.29, 0.717) is 30.2 Å². The molecule has 0 unspecified atom stereocenters. The maximum atomic E-state index is 12.9. The van der Waals surface area contributed by atoms with Gasteiger partial charge < -0.3 is 14.4 Å². The Hall–Kier alpha value is -1.97. The summed E-state index contributed by atoms with van der Waals surface area (Å²) in [5.41, 5.74) is -0.200. The highest BCUT2D eigenvalue weighted by Gasteiger charge is 2.35. The van der Waals surface area contributed by atoms with Gasteiger partial charge in [0.25, 0.3) is 0 Å². The lowest BCUT2D eigenvalue weighted by atomic mass is 10.0. The highest BCUT2D eigenvalue weighted by Crippen LogP contribution is 2.36. The van der Waals surface area contributed by atoms with E-state index in [-0.39, 0.29) is 19.2 Å². The minimum absolute atomic E-state index is 0.211. The van der Waals surface area contributed by atoms with Crippen LogP contribution < -0.4 is 0 Å². The number of nitrogens with zero attached hydrogens (tertiary/aromatic N) is 3. The number of aromatic nitrogens is 2. The molecule has 0 amide bonds. The van der Waals surface area contributed by atoms with Gasteiger partial charge in [-0.25, -0.2) is 0 Å². The molecule has 1 aromatic carbocycles. The molecule has 136 valence electrons. The Balaban J connectivity index is 1.79. The SMILES string of the molecule is COCc1noc(CN2C[C@@H](O)C[C@H]2c2cccc(C(F)(F)F)c2)n1. The molecule has 6 nitrogen and oxygen atoms in total. The Kier molecular flexibility index (Phi) is 5.07. The number of ether oxygens (including phenoxy) is 1. The Morgan fingerprint density at radius 1 is 1.40 bits per heavy atom. The molecule has 25 heavy (non-hydrogen) atoms. The van der Waals surface area contributed by atoms with Gasteiger partial charge in [0.15, 0.2) is 5.82 Å². The smallest absolute Gasteiger partial charge is 0.392 e. The largest absolute Gasteiger partial charge is 0.416 e. The van der Waals surface area contributed by atoms with Gasteiger partial charge in [0, 0.05) is 19.7 Å². The van der Waals surface area contributed by atoms with Crippen molar-refractivity contribution in [3.8, 4) is 0 Å². The lowest BCUT2D eigenvalue weighted by Crippen LogP contribution is -2.24. The number of rotatable bonds is 5. The Morgan fingerprint density at radius 3 is 2.92 bits per heavy atom. The second kappa shape index (κ2) is 7.11. The third-order valence-electron chi connectivity index (χ3n) is 4.10. The molecule has 2 aromatic rings. The summed E-state index contributed by atoms with van der Waals surface area (Å²) in [5, 5.41) is 13.7. The maximum Gasteiger partial charge on any atom is 0.416 e. The monoisotopic (exact) mass is 357 g/mol. The van der Waals surface area contributed by atoms with Crippen molar-refractivity contribution in [2.24, 2.45) is 0 Å². The highest BCUT2D eigenvalue weighted by atomic mass is 19.4. The molecular formula is C16H18F3N3O3. The fourth-order valence-corrected chi connectivity index (χ4v) is 3.04. The number of aliphatic hydroxyl groups excluding tert-OH is 1. The summed E-state index contributed by atoms with van der Waals surface area (Å²) in [5.74, 6) is 0.728. The quantitative estimate of drug-likeness (QED) is 0.887. The van der Waals surface area contributed by atoms with E-state index in [1.54, 1.807) is 6.07 Å². The fourth-order valence-electron chi connectivity index (χ4n) is 3.04. The van der Waals surface area contributed by atoms with Crippen molar-refractivity contribution < 1.29 is 27.5 Å². The normalized spacial score (nSPS) is 21.8. The van der Waals surface area contributed by atoms with Gasteiger partial charge in [0.2, 0.25) is 5.89 Å². The fraction of sp³-hybridized carbons (Fsp3) is 0.500. The molecule has 0 saturated carbocycles. The zero-order chi connectivity index (χ0) is 18.0. The first-order valence-corrected chi connectivity index (χ1v) is 7.76. The minimum Gasteiger partial charge on any atom is -0.392 e. The number of benzene rings is 1. The van der Waals surface area contributed by atoms with Crippen molar-refractivity contribution in [2.45, 2.75) is 37.9 Å². The van der Waals surface area contributed by atoms with E-state index >= 15 is 0 Å². The Labute approximate surface area is 142 Å². The topological polar surface area (TPSA) is 71.6 Å². The van der Waals surface area contributed by atoms with Gasteiger partial charge in [0.05, 0.1) is 18.2 Å². The number of likely N-dealkylation sites (tertiary alicyclic amines) is 1. The van der Waals surface area contributed by atoms with Crippen LogP contribution in [0.25, 0.3) is 0 Å². The second-order valence-corrected chi connectivity index (χ2v) is 6.00. The molecule has 1 saturated heterocycles. The minimum atomic E-state index is -4.40. The molecule has 0 spiro atoms. The zero-order valence-corrected chi connectivity index (χ0v) is 13.5. The summed E-state index contributed by atoms with van der Waals surface area (Å²) in [6.45, 7) is 0.779. The van der Waals surface area contributed by atoms with Crippen LogP contribution in [-0.2, 0) is 24.1 Å². The number of alkyl halides is 3. The van der Waals surface area contributed by atoms with Crippen LogP contribution in [0.3, 0.4) is 0 Å². The van der Waals surface area contributed by atoms with Crippen molar-refractivity contribution >= 4 is 0 Å². The van der Waals surface area contributed by atoms with Crippen molar-refractivity contribution in [1.29, 1.82) is 0 Å². The van der Waals surface area contributed by atoms with Crippen LogP contribution in [0.1, 0.15) is 35.3 Å². The summed E-state index contributed by atoms with van der Waals surface area (Å²) in [4.78, 5) is 6.00. The standard InChI is InChI=1S/C16H18F3N3O3/c1-24-9-14-20-15(25-21-14)8-22-7-12(23)6-13(22)10-3-2-4-11(5-10)16(17,18)19/h2-5,12-13,23H,6-9H2,1H3/t12-,13-/m0/s1. The van der Waals surface area contributed by atoms with E-state index in [4.69, 9.17) is 9.26 Å². The Morgan fingerprint density at radius 2 is 2.20 bits per heavy atom. The lowest BCUT2D eigenvalue weighted by molar-refractivity contribution is -0.137. The number of halogens is 3. The van der Waals surface area contributed by atoms with E-state index in [1.807, 2.05) is 4.90 Å². The van der Waals surface area contributed by atoms with Crippen LogP contribution in [0.5, 0.6) is 0 Å². The van der Waals surface area contributed by atoms with Crippen molar-refractivity contribution in [1.82, 2.24) is 15.0 Å². The molecule has 1 aliphatic rings. The van der Waals surface area contributed by atoms with E-state index in [1.165, 1.54) is 13.2 Å². The third kappa shape index (κ3) is 4.17. The van der Waals surface area contributed by atoms with Gasteiger partial charge in [-0.15, -0.1) is 0 Å². The van der Waals surface area contributed by atoms with Crippen molar-refractivity contribution in [3.63, 3.8) is 0 Å². The van der Waals surface area contributed by atoms with Gasteiger partial charge in [-0.05, 0) is 24.1 Å². The second-order valence-electron chi connectivity index (χ2n) is 6.00. The van der Waals surface area contributed by atoms with Crippen LogP contribution in [-0.4, -0.2) is 39.9 Å². The predicted molar refractivity (Wildman–Crippen MR) is 80.2 cm³/mol. The summed E-state index contributed by atoms with van der Waals surface area (Å²) in [6, 6.07) is 4.82. The average Bonchev–Trinajstić information content (AvgIpc) is 3.14. The molecule has 1 fully saturated rings. The summed E-state index contributed by atoms with van der Waals surface area (Å²) in [7, 11) is 1.51. The molecule has 2 atom stereocenters. The maximum absolute atomic E-state index is 12.9. The first kappa shape index (κ1) is 17.8. The predicted octanol–water partition coefficient (Wildman–Crippen LogP) is 2.54. The van der Waals surface area contributed by atoms with Crippen molar-refractivity contribution in [3.05, 3.63) is 47.1 Å². The van der Waals surface area contributed by atoms with E-state index in [0.717, 1.165) is 12.1 Å². The molecule has 1 aliphatic heterocycles. The lowest BCUT2D eigenvalue weighted by Gasteiger charge is -2.23. The highest BCUT2D eigenvalue weighted by molar-refractivity contribution is 5.29. The molecule has 0 aliphatic carbocycles. The summed E-state index contributed by atoms with van der Waals surface area (Å²) < 4.78 is 48.9. The number of hydrogen-bond acceptors (Lipinski definition) is 6. The molecule has 9 heteroatoms. The average molecular weight is 357 g/mol.